The lowest BCUT2D eigenvalue weighted by Gasteiger charge is -2.14. The molecule has 5 nitrogen and oxygen atoms in total. The first-order valence-corrected chi connectivity index (χ1v) is 9.02. The number of benzene rings is 2. The van der Waals surface area contributed by atoms with Gasteiger partial charge < -0.3 is 24.8 Å². The van der Waals surface area contributed by atoms with Crippen LogP contribution in [0.2, 0.25) is 0 Å². The summed E-state index contributed by atoms with van der Waals surface area (Å²) in [6.45, 7) is 3.97. The Hall–Kier alpha value is -2.47. The summed E-state index contributed by atoms with van der Waals surface area (Å²) in [7, 11) is 3.27. The van der Waals surface area contributed by atoms with E-state index in [9.17, 15) is 0 Å². The molecular weight excluding hydrogens is 348 g/mol. The molecule has 0 amide bonds. The number of hydrogen-bond acceptors (Lipinski definition) is 4. The molecule has 0 heterocycles. The molecule has 0 saturated carbocycles. The van der Waals surface area contributed by atoms with E-state index in [0.29, 0.717) is 18.3 Å². The van der Waals surface area contributed by atoms with Gasteiger partial charge in [-0.2, -0.15) is 0 Å². The summed E-state index contributed by atoms with van der Waals surface area (Å²) < 4.78 is 16.2. The molecule has 0 saturated heterocycles. The van der Waals surface area contributed by atoms with Crippen molar-refractivity contribution in [1.82, 2.24) is 10.6 Å². The van der Waals surface area contributed by atoms with E-state index < -0.39 is 0 Å². The van der Waals surface area contributed by atoms with Crippen LogP contribution in [0.4, 0.5) is 0 Å². The summed E-state index contributed by atoms with van der Waals surface area (Å²) in [4.78, 5) is 0. The van der Waals surface area contributed by atoms with E-state index >= 15 is 0 Å². The van der Waals surface area contributed by atoms with Crippen LogP contribution in [-0.2, 0) is 13.0 Å². The van der Waals surface area contributed by atoms with Crippen LogP contribution in [0, 0.1) is 0 Å². The highest BCUT2D eigenvalue weighted by Gasteiger charge is 2.06. The molecule has 0 atom stereocenters. The van der Waals surface area contributed by atoms with Gasteiger partial charge in [-0.05, 0) is 49.3 Å². The summed E-state index contributed by atoms with van der Waals surface area (Å²) in [6, 6.07) is 13.9. The minimum Gasteiger partial charge on any atom is -0.494 e. The SMILES string of the molecule is CCOc1ccccc1CNC(=S)NCCc1ccc(OC)c(OC)c1. The zero-order valence-electron chi connectivity index (χ0n) is 15.5. The Morgan fingerprint density at radius 2 is 1.73 bits per heavy atom. The molecule has 0 aromatic heterocycles. The molecule has 0 unspecified atom stereocenters. The number of nitrogens with one attached hydrogen (secondary N) is 2. The van der Waals surface area contributed by atoms with Crippen molar-refractivity contribution < 1.29 is 14.2 Å². The quantitative estimate of drug-likeness (QED) is 0.657. The summed E-state index contributed by atoms with van der Waals surface area (Å²) in [5, 5.41) is 7.07. The first-order valence-electron chi connectivity index (χ1n) is 8.61. The zero-order chi connectivity index (χ0) is 18.8. The smallest absolute Gasteiger partial charge is 0.166 e. The minimum absolute atomic E-state index is 0.622. The van der Waals surface area contributed by atoms with E-state index in [0.717, 1.165) is 41.3 Å². The van der Waals surface area contributed by atoms with E-state index in [2.05, 4.69) is 10.6 Å². The Bertz CT molecular complexity index is 722. The van der Waals surface area contributed by atoms with E-state index in [1.165, 1.54) is 0 Å². The molecule has 2 aromatic carbocycles. The van der Waals surface area contributed by atoms with Gasteiger partial charge in [0.2, 0.25) is 0 Å². The third kappa shape index (κ3) is 5.81. The van der Waals surface area contributed by atoms with E-state index in [1.807, 2.05) is 49.4 Å². The molecule has 140 valence electrons. The van der Waals surface area contributed by atoms with Crippen molar-refractivity contribution in [3.8, 4) is 17.2 Å². The lowest BCUT2D eigenvalue weighted by Crippen LogP contribution is -2.36. The van der Waals surface area contributed by atoms with Crippen molar-refractivity contribution >= 4 is 17.3 Å². The standard InChI is InChI=1S/C20H26N2O3S/c1-4-25-17-8-6-5-7-16(17)14-22-20(26)21-12-11-15-9-10-18(23-2)19(13-15)24-3/h5-10,13H,4,11-12,14H2,1-3H3,(H2,21,22,26). The van der Waals surface area contributed by atoms with Crippen molar-refractivity contribution in [2.24, 2.45) is 0 Å². The molecule has 26 heavy (non-hydrogen) atoms. The van der Waals surface area contributed by atoms with E-state index in [1.54, 1.807) is 14.2 Å². The molecule has 0 aliphatic heterocycles. The van der Waals surface area contributed by atoms with Gasteiger partial charge in [0.1, 0.15) is 5.75 Å². The summed E-state index contributed by atoms with van der Waals surface area (Å²) >= 11 is 5.36. The van der Waals surface area contributed by atoms with Crippen LogP contribution in [0.15, 0.2) is 42.5 Å². The fraction of sp³-hybridized carbons (Fsp3) is 0.350. The number of rotatable bonds is 9. The third-order valence-corrected chi connectivity index (χ3v) is 4.15. The van der Waals surface area contributed by atoms with Crippen molar-refractivity contribution in [3.05, 3.63) is 53.6 Å². The van der Waals surface area contributed by atoms with Gasteiger partial charge in [-0.25, -0.2) is 0 Å². The maximum Gasteiger partial charge on any atom is 0.166 e. The van der Waals surface area contributed by atoms with Crippen LogP contribution in [-0.4, -0.2) is 32.5 Å². The monoisotopic (exact) mass is 374 g/mol. The van der Waals surface area contributed by atoms with Gasteiger partial charge in [-0.15, -0.1) is 0 Å². The van der Waals surface area contributed by atoms with Gasteiger partial charge in [-0.1, -0.05) is 24.3 Å². The fourth-order valence-electron chi connectivity index (χ4n) is 2.54. The second-order valence-corrected chi connectivity index (χ2v) is 6.00. The molecule has 2 aromatic rings. The molecular formula is C20H26N2O3S. The van der Waals surface area contributed by atoms with Gasteiger partial charge in [0.15, 0.2) is 16.6 Å². The van der Waals surface area contributed by atoms with Gasteiger partial charge >= 0.3 is 0 Å². The minimum atomic E-state index is 0.622. The average molecular weight is 375 g/mol. The third-order valence-electron chi connectivity index (χ3n) is 3.86. The Morgan fingerprint density at radius 1 is 0.962 bits per heavy atom. The number of hydrogen-bond donors (Lipinski definition) is 2. The lowest BCUT2D eigenvalue weighted by atomic mass is 10.1. The number of methoxy groups -OCH3 is 2. The van der Waals surface area contributed by atoms with Gasteiger partial charge in [-0.3, -0.25) is 0 Å². The Labute approximate surface area is 160 Å². The normalized spacial score (nSPS) is 10.1. The van der Waals surface area contributed by atoms with Gasteiger partial charge in [0.05, 0.1) is 20.8 Å². The predicted molar refractivity (Wildman–Crippen MR) is 108 cm³/mol. The van der Waals surface area contributed by atoms with Crippen LogP contribution in [0.1, 0.15) is 18.1 Å². The van der Waals surface area contributed by atoms with Crippen molar-refractivity contribution in [1.29, 1.82) is 0 Å². The first-order chi connectivity index (χ1) is 12.7. The summed E-state index contributed by atoms with van der Waals surface area (Å²) in [6.07, 6.45) is 0.831. The molecule has 0 bridgehead atoms. The Balaban J connectivity index is 1.79. The maximum atomic E-state index is 5.62. The zero-order valence-corrected chi connectivity index (χ0v) is 16.3. The predicted octanol–water partition coefficient (Wildman–Crippen LogP) is 3.31. The summed E-state index contributed by atoms with van der Waals surface area (Å²) in [5.74, 6) is 2.35. The molecule has 0 spiro atoms. The largest absolute Gasteiger partial charge is 0.494 e. The van der Waals surface area contributed by atoms with Crippen LogP contribution < -0.4 is 24.8 Å². The van der Waals surface area contributed by atoms with Crippen LogP contribution in [0.25, 0.3) is 0 Å². The molecule has 2 rings (SSSR count). The fourth-order valence-corrected chi connectivity index (χ4v) is 2.71. The highest BCUT2D eigenvalue weighted by molar-refractivity contribution is 7.80. The molecule has 0 aliphatic rings. The van der Waals surface area contributed by atoms with Gasteiger partial charge in [0.25, 0.3) is 0 Å². The molecule has 0 fully saturated rings. The second kappa shape index (κ2) is 10.5. The Morgan fingerprint density at radius 3 is 2.46 bits per heavy atom. The summed E-state index contributed by atoms with van der Waals surface area (Å²) in [5.41, 5.74) is 2.23. The second-order valence-electron chi connectivity index (χ2n) is 5.59. The van der Waals surface area contributed by atoms with Crippen molar-refractivity contribution in [3.63, 3.8) is 0 Å². The van der Waals surface area contributed by atoms with Crippen molar-refractivity contribution in [2.45, 2.75) is 19.9 Å². The molecule has 6 heteroatoms. The van der Waals surface area contributed by atoms with Crippen LogP contribution in [0.3, 0.4) is 0 Å². The topological polar surface area (TPSA) is 51.8 Å². The number of ether oxygens (including phenoxy) is 3. The maximum absolute atomic E-state index is 5.62. The van der Waals surface area contributed by atoms with Crippen molar-refractivity contribution in [2.75, 3.05) is 27.4 Å². The molecule has 2 N–H and O–H groups in total. The average Bonchev–Trinajstić information content (AvgIpc) is 2.67. The lowest BCUT2D eigenvalue weighted by molar-refractivity contribution is 0.336. The number of thiocarbonyl (C=S) groups is 1. The van der Waals surface area contributed by atoms with E-state index in [4.69, 9.17) is 26.4 Å². The highest BCUT2D eigenvalue weighted by Crippen LogP contribution is 2.27. The molecule has 0 aliphatic carbocycles. The molecule has 0 radical (unpaired) electrons. The number of para-hydroxylation sites is 1. The Kier molecular flexibility index (Phi) is 8.02. The highest BCUT2D eigenvalue weighted by atomic mass is 32.1. The van der Waals surface area contributed by atoms with Gasteiger partial charge in [0, 0.05) is 18.7 Å². The van der Waals surface area contributed by atoms with Crippen LogP contribution >= 0.6 is 12.2 Å². The van der Waals surface area contributed by atoms with Crippen LogP contribution in [0.5, 0.6) is 17.2 Å². The van der Waals surface area contributed by atoms with E-state index in [-0.39, 0.29) is 0 Å². The first kappa shape index (κ1) is 19.8.